The monoisotopic (exact) mass is 1750 g/mol. The maximum Gasteiger partial charge on any atom is 0.472 e. The van der Waals surface area contributed by atoms with Crippen molar-refractivity contribution in [1.82, 2.24) is 0 Å². The number of aliphatic hydroxyl groups is 9. The second-order valence-corrected chi connectivity index (χ2v) is 36.7. The average Bonchev–Trinajstić information content (AvgIpc) is 0.753. The molecule has 1 saturated carbocycles. The number of rotatable bonds is 81. The number of carbonyl (C=O) groups excluding carboxylic acids is 4. The number of ether oxygens (including phenoxy) is 8. The molecule has 0 aromatic carbocycles. The number of phosphoric acid groups is 1. The van der Waals surface area contributed by atoms with Crippen LogP contribution in [-0.4, -0.2) is 205 Å². The molecule has 10 N–H and O–H groups in total. The van der Waals surface area contributed by atoms with Crippen molar-refractivity contribution < 1.29 is 122 Å². The van der Waals surface area contributed by atoms with E-state index >= 15 is 0 Å². The Bertz CT molecular complexity index is 2550. The number of hydrogen-bond acceptors (Lipinski definition) is 24. The molecule has 0 amide bonds. The number of hydrogen-bond donors (Lipinski definition) is 10. The number of carbonyl (C=O) groups is 4. The Kier molecular flexibility index (Phi) is 68.8. The second-order valence-electron chi connectivity index (χ2n) is 35.3. The molecule has 1 aliphatic carbocycles. The molecule has 3 aliphatic rings. The molecule has 18 atom stereocenters. The Morgan fingerprint density at radius 1 is 0.322 bits per heavy atom. The van der Waals surface area contributed by atoms with Crippen molar-refractivity contribution in [2.75, 3.05) is 26.4 Å². The van der Waals surface area contributed by atoms with E-state index in [0.29, 0.717) is 32.1 Å². The van der Waals surface area contributed by atoms with Gasteiger partial charge in [0.15, 0.2) is 24.8 Å². The summed E-state index contributed by atoms with van der Waals surface area (Å²) in [5.41, 5.74) is 0. The zero-order valence-electron chi connectivity index (χ0n) is 76.1. The molecule has 712 valence electrons. The van der Waals surface area contributed by atoms with E-state index in [1.54, 1.807) is 0 Å². The quantitative estimate of drug-likeness (QED) is 0.00889. The lowest BCUT2D eigenvalue weighted by Gasteiger charge is -2.50. The molecule has 26 heteroatoms. The summed E-state index contributed by atoms with van der Waals surface area (Å²) in [7, 11) is -5.81. The molecule has 2 heterocycles. The summed E-state index contributed by atoms with van der Waals surface area (Å²) >= 11 is 0. The minimum Gasteiger partial charge on any atom is -0.463 e. The molecular formula is C95H177O25P. The Balaban J connectivity index is 1.89. The summed E-state index contributed by atoms with van der Waals surface area (Å²) in [6, 6.07) is 0. The second kappa shape index (κ2) is 74.0. The summed E-state index contributed by atoms with van der Waals surface area (Å²) < 4.78 is 73.6. The predicted molar refractivity (Wildman–Crippen MR) is 472 cm³/mol. The molecular weight excluding hydrogens is 1570 g/mol. The van der Waals surface area contributed by atoms with Gasteiger partial charge in [-0.1, -0.05) is 374 Å². The maximum absolute atomic E-state index is 14.9. The van der Waals surface area contributed by atoms with Gasteiger partial charge in [-0.15, -0.1) is 0 Å². The molecule has 0 aromatic heterocycles. The number of aliphatic hydroxyl groups excluding tert-OH is 9. The van der Waals surface area contributed by atoms with E-state index in [-0.39, 0.29) is 25.7 Å². The van der Waals surface area contributed by atoms with E-state index < -0.39 is 162 Å². The van der Waals surface area contributed by atoms with E-state index in [0.717, 1.165) is 141 Å². The molecule has 18 unspecified atom stereocenters. The highest BCUT2D eigenvalue weighted by atomic mass is 31.2. The van der Waals surface area contributed by atoms with E-state index in [4.69, 9.17) is 46.9 Å². The van der Waals surface area contributed by atoms with Crippen molar-refractivity contribution in [2.45, 2.75) is 543 Å². The first-order chi connectivity index (χ1) is 58.7. The molecule has 3 fully saturated rings. The SMILES string of the molecule is CCCCCC/C=C\CCCCCCCCCC(=O)OC1C(O)C(O)C(OC2OC(CO)C(O)C(O)C2O)C(OP(=O)(O)OCC(COC(=O)CCCCCCCCCCCCCCCCC)OC(=O)CCCCCCCCCCCCCCCCCC)C1OC1OC(COC(=O)CCCCCCCCCCCCCCCCCC)C(O)C(O)C1O. The average molecular weight is 1750 g/mol. The van der Waals surface area contributed by atoms with Crippen molar-refractivity contribution in [3.8, 4) is 0 Å². The van der Waals surface area contributed by atoms with E-state index in [2.05, 4.69) is 39.8 Å². The van der Waals surface area contributed by atoms with Gasteiger partial charge >= 0.3 is 31.7 Å². The van der Waals surface area contributed by atoms with Crippen LogP contribution in [0.1, 0.15) is 439 Å². The summed E-state index contributed by atoms with van der Waals surface area (Å²) in [5, 5.41) is 102. The van der Waals surface area contributed by atoms with Crippen LogP contribution < -0.4 is 0 Å². The van der Waals surface area contributed by atoms with Crippen molar-refractivity contribution in [3.63, 3.8) is 0 Å². The number of phosphoric ester groups is 1. The number of esters is 4. The summed E-state index contributed by atoms with van der Waals surface area (Å²) in [6.45, 7) is 5.64. The van der Waals surface area contributed by atoms with Crippen LogP contribution in [0.2, 0.25) is 0 Å². The fraction of sp³-hybridized carbons (Fsp3) is 0.937. The third kappa shape index (κ3) is 53.7. The van der Waals surface area contributed by atoms with E-state index in [9.17, 15) is 74.6 Å². The van der Waals surface area contributed by atoms with Gasteiger partial charge in [0.2, 0.25) is 0 Å². The molecule has 0 aromatic rings. The maximum atomic E-state index is 14.9. The molecule has 3 rings (SSSR count). The normalized spacial score (nSPS) is 24.6. The van der Waals surface area contributed by atoms with Crippen LogP contribution in [0.3, 0.4) is 0 Å². The Labute approximate surface area is 731 Å². The highest BCUT2D eigenvalue weighted by molar-refractivity contribution is 7.47. The third-order valence-corrected chi connectivity index (χ3v) is 25.3. The summed E-state index contributed by atoms with van der Waals surface area (Å²) in [6.07, 6.45) is 34.5. The molecule has 2 aliphatic heterocycles. The van der Waals surface area contributed by atoms with Crippen LogP contribution in [0, 0.1) is 0 Å². The Morgan fingerprint density at radius 2 is 0.620 bits per heavy atom. The largest absolute Gasteiger partial charge is 0.472 e. The zero-order chi connectivity index (χ0) is 88.2. The molecule has 0 spiro atoms. The van der Waals surface area contributed by atoms with Crippen LogP contribution >= 0.6 is 7.82 Å². The van der Waals surface area contributed by atoms with Crippen LogP contribution in [-0.2, 0) is 70.7 Å². The van der Waals surface area contributed by atoms with Gasteiger partial charge in [0.25, 0.3) is 0 Å². The fourth-order valence-electron chi connectivity index (χ4n) is 16.4. The van der Waals surface area contributed by atoms with Gasteiger partial charge in [0, 0.05) is 25.7 Å². The molecule has 2 saturated heterocycles. The standard InChI is InChI=1S/C95H177O25P/c1-5-9-13-17-21-25-29-33-37-41-44-48-52-56-60-64-68-79(98)112-74-77-83(102)85(104)89(108)95(116-77)119-92-90(117-81(100)70-66-62-58-54-50-45-40-36-32-28-24-20-16-12-8-4)86(105)87(106)91(118-94-88(107)84(103)82(101)76(71-96)115-94)93(92)120-121(109,110)113-73-75(72-111-78(97)67-63-59-55-51-47-43-39-35-31-27-23-19-15-11-7-3)114-80(99)69-65-61-57-53-49-46-42-38-34-30-26-22-18-14-10-6-2/h28,32,75-77,82-96,101-108H,5-27,29-31,33-74H2,1-4H3,(H,109,110)/b32-28-. The highest BCUT2D eigenvalue weighted by Crippen LogP contribution is 2.49. The van der Waals surface area contributed by atoms with Gasteiger partial charge in [0.1, 0.15) is 92.6 Å². The van der Waals surface area contributed by atoms with Gasteiger partial charge in [-0.3, -0.25) is 28.2 Å². The van der Waals surface area contributed by atoms with Crippen molar-refractivity contribution in [2.24, 2.45) is 0 Å². The van der Waals surface area contributed by atoms with Crippen molar-refractivity contribution in [3.05, 3.63) is 12.2 Å². The van der Waals surface area contributed by atoms with Gasteiger partial charge in [-0.25, -0.2) is 4.57 Å². The number of unbranched alkanes of at least 4 members (excludes halogenated alkanes) is 55. The topological polar surface area (TPSA) is 380 Å². The van der Waals surface area contributed by atoms with Gasteiger partial charge < -0.3 is 88.7 Å². The molecule has 121 heavy (non-hydrogen) atoms. The van der Waals surface area contributed by atoms with Gasteiger partial charge in [-0.2, -0.15) is 0 Å². The lowest BCUT2D eigenvalue weighted by Crippen LogP contribution is -2.70. The van der Waals surface area contributed by atoms with Crippen LogP contribution in [0.4, 0.5) is 0 Å². The van der Waals surface area contributed by atoms with Gasteiger partial charge in [-0.05, 0) is 51.4 Å². The predicted octanol–water partition coefficient (Wildman–Crippen LogP) is 19.1. The smallest absolute Gasteiger partial charge is 0.463 e. The highest BCUT2D eigenvalue weighted by Gasteiger charge is 2.60. The van der Waals surface area contributed by atoms with E-state index in [1.165, 1.54) is 212 Å². The Hall–Kier alpha value is -2.79. The van der Waals surface area contributed by atoms with E-state index in [1.807, 2.05) is 0 Å². The lowest BCUT2D eigenvalue weighted by molar-refractivity contribution is -0.360. The summed E-state index contributed by atoms with van der Waals surface area (Å²) in [5.74, 6) is -2.95. The Morgan fingerprint density at radius 3 is 0.992 bits per heavy atom. The lowest BCUT2D eigenvalue weighted by atomic mass is 9.84. The van der Waals surface area contributed by atoms with Crippen LogP contribution in [0.15, 0.2) is 12.2 Å². The zero-order valence-corrected chi connectivity index (χ0v) is 77.0. The van der Waals surface area contributed by atoms with Crippen molar-refractivity contribution in [1.29, 1.82) is 0 Å². The first-order valence-electron chi connectivity index (χ1n) is 49.4. The van der Waals surface area contributed by atoms with Crippen LogP contribution in [0.5, 0.6) is 0 Å². The molecule has 0 bridgehead atoms. The minimum absolute atomic E-state index is 0.0186. The van der Waals surface area contributed by atoms with Crippen molar-refractivity contribution >= 4 is 31.7 Å². The molecule has 25 nitrogen and oxygen atoms in total. The first-order valence-corrected chi connectivity index (χ1v) is 50.9. The van der Waals surface area contributed by atoms with Crippen LogP contribution in [0.25, 0.3) is 0 Å². The van der Waals surface area contributed by atoms with Gasteiger partial charge in [0.05, 0.1) is 13.2 Å². The minimum atomic E-state index is -5.81. The molecule has 0 radical (unpaired) electrons. The fourth-order valence-corrected chi connectivity index (χ4v) is 17.4. The third-order valence-electron chi connectivity index (χ3n) is 24.3. The number of allylic oxidation sites excluding steroid dienone is 2. The first kappa shape index (κ1) is 112. The summed E-state index contributed by atoms with van der Waals surface area (Å²) in [4.78, 5) is 66.6.